The van der Waals surface area contributed by atoms with E-state index in [9.17, 15) is 0 Å². The van der Waals surface area contributed by atoms with Gasteiger partial charge in [0.15, 0.2) is 0 Å². The van der Waals surface area contributed by atoms with Crippen LogP contribution in [-0.4, -0.2) is 38.8 Å². The molecule has 106 valence electrons. The Morgan fingerprint density at radius 1 is 1.21 bits per heavy atom. The summed E-state index contributed by atoms with van der Waals surface area (Å²) in [5.74, 6) is 0.866. The molecule has 1 aliphatic rings. The lowest BCUT2D eigenvalue weighted by atomic mass is 10.1. The highest BCUT2D eigenvalue weighted by atomic mass is 16.5. The van der Waals surface area contributed by atoms with E-state index in [1.807, 2.05) is 7.05 Å². The van der Waals surface area contributed by atoms with E-state index in [4.69, 9.17) is 4.74 Å². The van der Waals surface area contributed by atoms with Crippen LogP contribution in [0.25, 0.3) is 0 Å². The largest absolute Gasteiger partial charge is 0.380 e. The van der Waals surface area contributed by atoms with Crippen LogP contribution in [0.5, 0.6) is 0 Å². The highest BCUT2D eigenvalue weighted by Crippen LogP contribution is 2.28. The first-order valence-electron chi connectivity index (χ1n) is 7.26. The van der Waals surface area contributed by atoms with Crippen LogP contribution in [0.15, 0.2) is 24.3 Å². The summed E-state index contributed by atoms with van der Waals surface area (Å²) in [4.78, 5) is 2.32. The van der Waals surface area contributed by atoms with Crippen LogP contribution >= 0.6 is 0 Å². The van der Waals surface area contributed by atoms with Crippen molar-refractivity contribution in [3.8, 4) is 0 Å². The highest BCUT2D eigenvalue weighted by Gasteiger charge is 2.20. The van der Waals surface area contributed by atoms with Gasteiger partial charge in [0.05, 0.1) is 6.61 Å². The molecule has 1 aliphatic carbocycles. The van der Waals surface area contributed by atoms with E-state index < -0.39 is 0 Å². The van der Waals surface area contributed by atoms with E-state index in [-0.39, 0.29) is 0 Å². The molecule has 0 saturated heterocycles. The molecule has 1 saturated carbocycles. The van der Waals surface area contributed by atoms with Crippen molar-refractivity contribution in [2.75, 3.05) is 33.9 Å². The van der Waals surface area contributed by atoms with Crippen LogP contribution in [0.4, 0.5) is 0 Å². The average molecular weight is 262 g/mol. The van der Waals surface area contributed by atoms with Crippen molar-refractivity contribution in [2.45, 2.75) is 25.9 Å². The number of hydrogen-bond donors (Lipinski definition) is 1. The van der Waals surface area contributed by atoms with Crippen molar-refractivity contribution in [3.63, 3.8) is 0 Å². The second kappa shape index (κ2) is 7.63. The highest BCUT2D eigenvalue weighted by molar-refractivity contribution is 5.22. The zero-order chi connectivity index (χ0) is 13.5. The molecule has 0 radical (unpaired) electrons. The van der Waals surface area contributed by atoms with Gasteiger partial charge in [0.2, 0.25) is 0 Å². The van der Waals surface area contributed by atoms with Crippen molar-refractivity contribution in [2.24, 2.45) is 5.92 Å². The molecule has 0 bridgehead atoms. The molecule has 1 aromatic rings. The molecule has 1 N–H and O–H groups in total. The number of nitrogens with zero attached hydrogens (tertiary/aromatic N) is 1. The third-order valence-electron chi connectivity index (χ3n) is 3.52. The lowest BCUT2D eigenvalue weighted by Gasteiger charge is -2.17. The van der Waals surface area contributed by atoms with E-state index in [0.717, 1.165) is 38.8 Å². The fourth-order valence-corrected chi connectivity index (χ4v) is 2.11. The summed E-state index contributed by atoms with van der Waals surface area (Å²) >= 11 is 0. The molecular weight excluding hydrogens is 236 g/mol. The molecule has 19 heavy (non-hydrogen) atoms. The summed E-state index contributed by atoms with van der Waals surface area (Å²) in [7, 11) is 4.13. The van der Waals surface area contributed by atoms with E-state index in [1.54, 1.807) is 0 Å². The van der Waals surface area contributed by atoms with Crippen molar-refractivity contribution in [1.82, 2.24) is 10.2 Å². The number of rotatable bonds is 9. The molecule has 0 amide bonds. The number of ether oxygens (including phenoxy) is 1. The fourth-order valence-electron chi connectivity index (χ4n) is 2.11. The van der Waals surface area contributed by atoms with E-state index in [0.29, 0.717) is 0 Å². The van der Waals surface area contributed by atoms with Gasteiger partial charge in [0.25, 0.3) is 0 Å². The first-order chi connectivity index (χ1) is 9.28. The lowest BCUT2D eigenvalue weighted by molar-refractivity contribution is 0.102. The maximum Gasteiger partial charge on any atom is 0.0593 e. The fraction of sp³-hybridized carbons (Fsp3) is 0.625. The van der Waals surface area contributed by atoms with Crippen molar-refractivity contribution in [3.05, 3.63) is 35.4 Å². The van der Waals surface area contributed by atoms with Crippen molar-refractivity contribution < 1.29 is 4.74 Å². The van der Waals surface area contributed by atoms with E-state index in [1.165, 1.54) is 24.0 Å². The Balaban J connectivity index is 1.63. The van der Waals surface area contributed by atoms with Crippen LogP contribution in [-0.2, 0) is 17.8 Å². The topological polar surface area (TPSA) is 24.5 Å². The molecule has 0 heterocycles. The lowest BCUT2D eigenvalue weighted by Crippen LogP contribution is -2.23. The predicted molar refractivity (Wildman–Crippen MR) is 79.1 cm³/mol. The summed E-state index contributed by atoms with van der Waals surface area (Å²) in [6, 6.07) is 8.83. The second-order valence-corrected chi connectivity index (χ2v) is 5.60. The summed E-state index contributed by atoms with van der Waals surface area (Å²) in [6.07, 6.45) is 2.74. The van der Waals surface area contributed by atoms with Gasteiger partial charge in [-0.2, -0.15) is 0 Å². The first kappa shape index (κ1) is 14.5. The van der Waals surface area contributed by atoms with Crippen LogP contribution in [0.2, 0.25) is 0 Å². The summed E-state index contributed by atoms with van der Waals surface area (Å²) in [6.45, 7) is 4.75. The van der Waals surface area contributed by atoms with Crippen LogP contribution < -0.4 is 5.32 Å². The quantitative estimate of drug-likeness (QED) is 0.691. The minimum Gasteiger partial charge on any atom is -0.380 e. The van der Waals surface area contributed by atoms with Crippen LogP contribution in [0, 0.1) is 5.92 Å². The molecule has 0 aliphatic heterocycles. The van der Waals surface area contributed by atoms with Gasteiger partial charge in [-0.1, -0.05) is 24.3 Å². The van der Waals surface area contributed by atoms with Gasteiger partial charge >= 0.3 is 0 Å². The maximum atomic E-state index is 5.67. The number of nitrogens with one attached hydrogen (secondary N) is 1. The van der Waals surface area contributed by atoms with Gasteiger partial charge in [-0.05, 0) is 44.0 Å². The zero-order valence-corrected chi connectivity index (χ0v) is 12.2. The van der Waals surface area contributed by atoms with Crippen molar-refractivity contribution in [1.29, 1.82) is 0 Å². The monoisotopic (exact) mass is 262 g/mol. The average Bonchev–Trinajstić information content (AvgIpc) is 3.22. The second-order valence-electron chi connectivity index (χ2n) is 5.60. The van der Waals surface area contributed by atoms with Gasteiger partial charge in [-0.15, -0.1) is 0 Å². The smallest absolute Gasteiger partial charge is 0.0593 e. The Labute approximate surface area is 116 Å². The van der Waals surface area contributed by atoms with Gasteiger partial charge < -0.3 is 10.1 Å². The Kier molecular flexibility index (Phi) is 5.83. The number of hydrogen-bond acceptors (Lipinski definition) is 3. The Morgan fingerprint density at radius 3 is 2.53 bits per heavy atom. The van der Waals surface area contributed by atoms with Gasteiger partial charge in [0, 0.05) is 26.2 Å². The SMILES string of the molecule is CNCc1ccc(CN(C)CCOCC2CC2)cc1. The third kappa shape index (κ3) is 5.72. The normalized spacial score (nSPS) is 15.1. The molecule has 1 aromatic carbocycles. The zero-order valence-electron chi connectivity index (χ0n) is 12.2. The Bertz CT molecular complexity index is 360. The molecule has 2 rings (SSSR count). The van der Waals surface area contributed by atoms with Crippen molar-refractivity contribution >= 4 is 0 Å². The summed E-state index contributed by atoms with van der Waals surface area (Å²) in [5, 5.41) is 3.17. The van der Waals surface area contributed by atoms with E-state index >= 15 is 0 Å². The molecule has 0 atom stereocenters. The molecule has 0 aromatic heterocycles. The molecule has 3 nitrogen and oxygen atoms in total. The standard InChI is InChI=1S/C16H26N2O/c1-17-11-14-3-5-15(6-4-14)12-18(2)9-10-19-13-16-7-8-16/h3-6,16-17H,7-13H2,1-2H3. The van der Waals surface area contributed by atoms with Crippen LogP contribution in [0.3, 0.4) is 0 Å². The molecular formula is C16H26N2O. The predicted octanol–water partition coefficient (Wildman–Crippen LogP) is 2.26. The molecule has 0 spiro atoms. The minimum absolute atomic E-state index is 0.852. The molecule has 0 unspecified atom stereocenters. The Morgan fingerprint density at radius 2 is 1.89 bits per heavy atom. The minimum atomic E-state index is 0.852. The molecule has 3 heteroatoms. The van der Waals surface area contributed by atoms with Gasteiger partial charge in [0.1, 0.15) is 0 Å². The summed E-state index contributed by atoms with van der Waals surface area (Å²) < 4.78 is 5.67. The first-order valence-corrected chi connectivity index (χ1v) is 7.26. The molecule has 1 fully saturated rings. The van der Waals surface area contributed by atoms with Gasteiger partial charge in [-0.25, -0.2) is 0 Å². The van der Waals surface area contributed by atoms with E-state index in [2.05, 4.69) is 41.5 Å². The van der Waals surface area contributed by atoms with Crippen LogP contribution in [0.1, 0.15) is 24.0 Å². The third-order valence-corrected chi connectivity index (χ3v) is 3.52. The maximum absolute atomic E-state index is 5.67. The van der Waals surface area contributed by atoms with Gasteiger partial charge in [-0.3, -0.25) is 4.90 Å². The summed E-state index contributed by atoms with van der Waals surface area (Å²) in [5.41, 5.74) is 2.70. The number of likely N-dealkylation sites (N-methyl/N-ethyl adjacent to an activating group) is 1. The number of benzene rings is 1. The Hall–Kier alpha value is -0.900.